The number of hydrogen-bond donors (Lipinski definition) is 1. The highest BCUT2D eigenvalue weighted by Gasteiger charge is 2.30. The summed E-state index contributed by atoms with van der Waals surface area (Å²) in [4.78, 5) is 13.3. The molecule has 4 heteroatoms. The number of likely N-dealkylation sites (tertiary alicyclic amines) is 1. The zero-order valence-corrected chi connectivity index (χ0v) is 8.87. The molecular weight excluding hydrogens is 183 g/mol. The van der Waals surface area contributed by atoms with Crippen molar-refractivity contribution in [3.8, 4) is 0 Å². The molecule has 1 fully saturated rings. The first-order valence-electron chi connectivity index (χ1n) is 5.24. The van der Waals surface area contributed by atoms with Crippen LogP contribution in [0.25, 0.3) is 0 Å². The number of alkyl halides is 1. The van der Waals surface area contributed by atoms with Crippen molar-refractivity contribution in [1.29, 1.82) is 0 Å². The van der Waals surface area contributed by atoms with Gasteiger partial charge < -0.3 is 10.6 Å². The van der Waals surface area contributed by atoms with E-state index in [0.29, 0.717) is 13.0 Å². The fourth-order valence-corrected chi connectivity index (χ4v) is 1.63. The van der Waals surface area contributed by atoms with Gasteiger partial charge >= 0.3 is 0 Å². The van der Waals surface area contributed by atoms with Crippen molar-refractivity contribution < 1.29 is 9.18 Å². The third-order valence-corrected chi connectivity index (χ3v) is 2.98. The van der Waals surface area contributed by atoms with Crippen LogP contribution in [0.15, 0.2) is 0 Å². The molecule has 1 saturated heterocycles. The van der Waals surface area contributed by atoms with E-state index in [4.69, 9.17) is 5.73 Å². The molecule has 1 heterocycles. The van der Waals surface area contributed by atoms with Crippen LogP contribution in [0.4, 0.5) is 4.39 Å². The van der Waals surface area contributed by atoms with E-state index < -0.39 is 12.2 Å². The van der Waals surface area contributed by atoms with Crippen molar-refractivity contribution in [2.75, 3.05) is 13.1 Å². The van der Waals surface area contributed by atoms with Gasteiger partial charge in [-0.05, 0) is 12.3 Å². The molecule has 1 amide bonds. The summed E-state index contributed by atoms with van der Waals surface area (Å²) in [5.74, 6) is 0.0701. The first kappa shape index (κ1) is 11.4. The average Bonchev–Trinajstić information content (AvgIpc) is 2.61. The largest absolute Gasteiger partial charge is 0.338 e. The maximum atomic E-state index is 12.8. The van der Waals surface area contributed by atoms with Gasteiger partial charge in [0, 0.05) is 6.54 Å². The molecule has 3 nitrogen and oxygen atoms in total. The van der Waals surface area contributed by atoms with Crippen molar-refractivity contribution in [3.63, 3.8) is 0 Å². The Kier molecular flexibility index (Phi) is 3.86. The molecule has 1 aliphatic rings. The number of halogens is 1. The summed E-state index contributed by atoms with van der Waals surface area (Å²) < 4.78 is 12.8. The minimum atomic E-state index is -0.858. The Morgan fingerprint density at radius 1 is 1.71 bits per heavy atom. The lowest BCUT2D eigenvalue weighted by molar-refractivity contribution is -0.132. The van der Waals surface area contributed by atoms with Crippen LogP contribution in [0.2, 0.25) is 0 Å². The number of carbonyl (C=O) groups excluding carboxylic acids is 1. The second-order valence-electron chi connectivity index (χ2n) is 4.08. The number of nitrogens with two attached hydrogens (primary N) is 1. The van der Waals surface area contributed by atoms with Crippen LogP contribution in [0.5, 0.6) is 0 Å². The topological polar surface area (TPSA) is 46.3 Å². The van der Waals surface area contributed by atoms with Crippen LogP contribution >= 0.6 is 0 Å². The maximum Gasteiger partial charge on any atom is 0.239 e. The lowest BCUT2D eigenvalue weighted by Crippen LogP contribution is -2.46. The van der Waals surface area contributed by atoms with Crippen LogP contribution in [0, 0.1) is 5.92 Å². The lowest BCUT2D eigenvalue weighted by Gasteiger charge is -2.23. The molecule has 1 aliphatic heterocycles. The summed E-state index contributed by atoms with van der Waals surface area (Å²) in [5.41, 5.74) is 5.78. The number of amides is 1. The summed E-state index contributed by atoms with van der Waals surface area (Å²) in [6.45, 7) is 4.69. The SMILES string of the molecule is CCC(C)[C@H](N)C(=O)N1CCC(F)C1. The monoisotopic (exact) mass is 202 g/mol. The quantitative estimate of drug-likeness (QED) is 0.740. The number of carbonyl (C=O) groups is 1. The molecule has 0 aromatic rings. The van der Waals surface area contributed by atoms with Crippen molar-refractivity contribution >= 4 is 5.91 Å². The van der Waals surface area contributed by atoms with E-state index in [-0.39, 0.29) is 18.4 Å². The van der Waals surface area contributed by atoms with Gasteiger partial charge in [0.25, 0.3) is 0 Å². The summed E-state index contributed by atoms with van der Waals surface area (Å²) in [6, 6.07) is -0.467. The molecule has 14 heavy (non-hydrogen) atoms. The predicted octanol–water partition coefficient (Wildman–Crippen LogP) is 0.930. The smallest absolute Gasteiger partial charge is 0.239 e. The zero-order chi connectivity index (χ0) is 10.7. The van der Waals surface area contributed by atoms with Gasteiger partial charge in [0.15, 0.2) is 0 Å². The molecule has 0 aromatic heterocycles. The molecule has 0 spiro atoms. The van der Waals surface area contributed by atoms with Crippen molar-refractivity contribution in [2.45, 2.75) is 38.9 Å². The van der Waals surface area contributed by atoms with E-state index in [0.717, 1.165) is 6.42 Å². The molecule has 2 N–H and O–H groups in total. The highest BCUT2D eigenvalue weighted by molar-refractivity contribution is 5.82. The van der Waals surface area contributed by atoms with Crippen molar-refractivity contribution in [1.82, 2.24) is 4.90 Å². The van der Waals surface area contributed by atoms with Gasteiger partial charge in [0.05, 0.1) is 12.6 Å². The molecule has 0 radical (unpaired) electrons. The van der Waals surface area contributed by atoms with Crippen LogP contribution < -0.4 is 5.73 Å². The van der Waals surface area contributed by atoms with E-state index in [9.17, 15) is 9.18 Å². The molecular formula is C10H19FN2O. The van der Waals surface area contributed by atoms with E-state index in [1.54, 1.807) is 4.90 Å². The number of rotatable bonds is 3. The molecule has 0 aromatic carbocycles. The van der Waals surface area contributed by atoms with E-state index in [1.165, 1.54) is 0 Å². The van der Waals surface area contributed by atoms with Gasteiger partial charge in [0.2, 0.25) is 5.91 Å². The van der Waals surface area contributed by atoms with Gasteiger partial charge in [-0.1, -0.05) is 20.3 Å². The second kappa shape index (κ2) is 4.73. The van der Waals surface area contributed by atoms with Crippen molar-refractivity contribution in [2.24, 2.45) is 11.7 Å². The van der Waals surface area contributed by atoms with Gasteiger partial charge in [-0.2, -0.15) is 0 Å². The standard InChI is InChI=1S/C10H19FN2O/c1-3-7(2)9(12)10(14)13-5-4-8(11)6-13/h7-9H,3-6,12H2,1-2H3/t7?,8?,9-/m0/s1. The van der Waals surface area contributed by atoms with Crippen LogP contribution in [-0.4, -0.2) is 36.1 Å². The molecule has 2 unspecified atom stereocenters. The van der Waals surface area contributed by atoms with Crippen LogP contribution in [0.1, 0.15) is 26.7 Å². The fourth-order valence-electron chi connectivity index (χ4n) is 1.63. The molecule has 0 bridgehead atoms. The number of hydrogen-bond acceptors (Lipinski definition) is 2. The Labute approximate surface area is 84.4 Å². The summed E-state index contributed by atoms with van der Waals surface area (Å²) in [7, 11) is 0. The Morgan fingerprint density at radius 3 is 2.79 bits per heavy atom. The Hall–Kier alpha value is -0.640. The van der Waals surface area contributed by atoms with E-state index >= 15 is 0 Å². The van der Waals surface area contributed by atoms with Crippen LogP contribution in [0.3, 0.4) is 0 Å². The molecule has 1 rings (SSSR count). The van der Waals surface area contributed by atoms with Gasteiger partial charge in [-0.25, -0.2) is 4.39 Å². The van der Waals surface area contributed by atoms with E-state index in [1.807, 2.05) is 13.8 Å². The molecule has 82 valence electrons. The predicted molar refractivity (Wildman–Crippen MR) is 53.5 cm³/mol. The minimum Gasteiger partial charge on any atom is -0.338 e. The van der Waals surface area contributed by atoms with E-state index in [2.05, 4.69) is 0 Å². The maximum absolute atomic E-state index is 12.8. The summed E-state index contributed by atoms with van der Waals surface area (Å²) >= 11 is 0. The third-order valence-electron chi connectivity index (χ3n) is 2.98. The average molecular weight is 202 g/mol. The Morgan fingerprint density at radius 2 is 2.36 bits per heavy atom. The van der Waals surface area contributed by atoms with Crippen molar-refractivity contribution in [3.05, 3.63) is 0 Å². The zero-order valence-electron chi connectivity index (χ0n) is 8.87. The Bertz CT molecular complexity index is 206. The van der Waals surface area contributed by atoms with Gasteiger partial charge in [-0.15, -0.1) is 0 Å². The second-order valence-corrected chi connectivity index (χ2v) is 4.08. The fraction of sp³-hybridized carbons (Fsp3) is 0.900. The van der Waals surface area contributed by atoms with Crippen LogP contribution in [-0.2, 0) is 4.79 Å². The third kappa shape index (κ3) is 2.44. The summed E-state index contributed by atoms with van der Waals surface area (Å²) in [5, 5.41) is 0. The molecule has 0 aliphatic carbocycles. The lowest BCUT2D eigenvalue weighted by atomic mass is 9.99. The highest BCUT2D eigenvalue weighted by Crippen LogP contribution is 2.15. The highest BCUT2D eigenvalue weighted by atomic mass is 19.1. The van der Waals surface area contributed by atoms with Gasteiger partial charge in [0.1, 0.15) is 6.17 Å². The molecule has 3 atom stereocenters. The first-order chi connectivity index (χ1) is 6.56. The number of nitrogens with zero attached hydrogens (tertiary/aromatic N) is 1. The normalized spacial score (nSPS) is 26.3. The molecule has 0 saturated carbocycles. The Balaban J connectivity index is 2.48. The van der Waals surface area contributed by atoms with Gasteiger partial charge in [-0.3, -0.25) is 4.79 Å². The minimum absolute atomic E-state index is 0.0977. The summed E-state index contributed by atoms with van der Waals surface area (Å²) in [6.07, 6.45) is 0.474. The first-order valence-corrected chi connectivity index (χ1v) is 5.24.